The van der Waals surface area contributed by atoms with Crippen LogP contribution in [0.5, 0.6) is 0 Å². The summed E-state index contributed by atoms with van der Waals surface area (Å²) in [5.41, 5.74) is 0.732. The first-order valence-corrected chi connectivity index (χ1v) is 13.3. The van der Waals surface area contributed by atoms with Crippen molar-refractivity contribution in [2.45, 2.75) is 18.4 Å². The van der Waals surface area contributed by atoms with E-state index in [1.165, 1.54) is 27.4 Å². The fourth-order valence-electron chi connectivity index (χ4n) is 3.09. The predicted octanol–water partition coefficient (Wildman–Crippen LogP) is 2.40. The van der Waals surface area contributed by atoms with Gasteiger partial charge >= 0.3 is 0 Å². The number of nitrogens with one attached hydrogen (secondary N) is 1. The number of carbonyl (C=O) groups is 2. The third-order valence-electron chi connectivity index (χ3n) is 4.82. The monoisotopic (exact) mass is 485 g/mol. The van der Waals surface area contributed by atoms with Crippen LogP contribution in [0.3, 0.4) is 0 Å². The molecule has 2 heterocycles. The molecule has 0 spiro atoms. The van der Waals surface area contributed by atoms with Crippen LogP contribution in [0.2, 0.25) is 0 Å². The summed E-state index contributed by atoms with van der Waals surface area (Å²) in [6.07, 6.45) is 0. The molecule has 0 bridgehead atoms. The number of rotatable bonds is 8. The molecule has 11 heteroatoms. The Bertz CT molecular complexity index is 1020. The standard InChI is InChI=1S/C20H24FN3O4S3/c1-2-23(14-18(25)22-13-15-3-5-16(21)6-4-15)20(26)19-17(7-10-30-19)31(27,28)24-8-11-29-12-9-24/h3-7,10H,2,8-9,11-14H2,1H3,(H,22,25). The van der Waals surface area contributed by atoms with E-state index < -0.39 is 15.9 Å². The molecule has 1 aliphatic heterocycles. The lowest BCUT2D eigenvalue weighted by Gasteiger charge is -2.26. The summed E-state index contributed by atoms with van der Waals surface area (Å²) in [4.78, 5) is 26.8. The average molecular weight is 486 g/mol. The van der Waals surface area contributed by atoms with Gasteiger partial charge in [-0.1, -0.05) is 12.1 Å². The Kier molecular flexibility index (Phi) is 8.09. The molecule has 1 N–H and O–H groups in total. The molecule has 2 aromatic rings. The molecule has 1 fully saturated rings. The highest BCUT2D eigenvalue weighted by Gasteiger charge is 2.32. The Morgan fingerprint density at radius 3 is 2.48 bits per heavy atom. The molecule has 0 aliphatic carbocycles. The van der Waals surface area contributed by atoms with Crippen LogP contribution in [-0.2, 0) is 21.4 Å². The number of thioether (sulfide) groups is 1. The lowest BCUT2D eigenvalue weighted by molar-refractivity contribution is -0.121. The maximum absolute atomic E-state index is 13.1. The predicted molar refractivity (Wildman–Crippen MR) is 120 cm³/mol. The topological polar surface area (TPSA) is 86.8 Å². The molecule has 31 heavy (non-hydrogen) atoms. The number of benzene rings is 1. The number of carbonyl (C=O) groups excluding carboxylic acids is 2. The Hall–Kier alpha value is -1.95. The minimum Gasteiger partial charge on any atom is -0.350 e. The zero-order valence-corrected chi connectivity index (χ0v) is 19.5. The van der Waals surface area contributed by atoms with E-state index in [1.54, 1.807) is 36.2 Å². The van der Waals surface area contributed by atoms with E-state index in [0.717, 1.165) is 28.4 Å². The Morgan fingerprint density at radius 2 is 1.84 bits per heavy atom. The number of thiophene rings is 1. The summed E-state index contributed by atoms with van der Waals surface area (Å²) in [6, 6.07) is 7.21. The fourth-order valence-corrected chi connectivity index (χ4v) is 7.02. The molecule has 1 aromatic carbocycles. The van der Waals surface area contributed by atoms with E-state index in [0.29, 0.717) is 13.1 Å². The molecule has 1 aliphatic rings. The molecule has 168 valence electrons. The smallest absolute Gasteiger partial charge is 0.265 e. The fraction of sp³-hybridized carbons (Fsp3) is 0.400. The number of sulfonamides is 1. The van der Waals surface area contributed by atoms with Crippen molar-refractivity contribution in [2.75, 3.05) is 37.7 Å². The largest absolute Gasteiger partial charge is 0.350 e. The number of likely N-dealkylation sites (N-methyl/N-ethyl adjacent to an activating group) is 1. The highest BCUT2D eigenvalue weighted by molar-refractivity contribution is 7.99. The van der Waals surface area contributed by atoms with Crippen molar-refractivity contribution in [3.8, 4) is 0 Å². The summed E-state index contributed by atoms with van der Waals surface area (Å²) in [5.74, 6) is 0.222. The van der Waals surface area contributed by atoms with Crippen LogP contribution in [0.4, 0.5) is 4.39 Å². The minimum absolute atomic E-state index is 0.000398. The molecular formula is C20H24FN3O4S3. The summed E-state index contributed by atoms with van der Waals surface area (Å²) in [7, 11) is -3.76. The first kappa shape index (κ1) is 23.7. The van der Waals surface area contributed by atoms with Gasteiger partial charge in [-0.25, -0.2) is 12.8 Å². The molecular weight excluding hydrogens is 461 g/mol. The van der Waals surface area contributed by atoms with E-state index in [-0.39, 0.29) is 41.1 Å². The molecule has 0 unspecified atom stereocenters. The van der Waals surface area contributed by atoms with Crippen LogP contribution in [0.25, 0.3) is 0 Å². The summed E-state index contributed by atoms with van der Waals surface area (Å²) < 4.78 is 40.5. The van der Waals surface area contributed by atoms with Crippen LogP contribution in [-0.4, -0.2) is 67.1 Å². The van der Waals surface area contributed by atoms with Gasteiger partial charge < -0.3 is 10.2 Å². The first-order chi connectivity index (χ1) is 14.8. The summed E-state index contributed by atoms with van der Waals surface area (Å²) in [5, 5.41) is 4.28. The van der Waals surface area contributed by atoms with E-state index in [4.69, 9.17) is 0 Å². The molecule has 7 nitrogen and oxygen atoms in total. The third kappa shape index (κ3) is 5.85. The van der Waals surface area contributed by atoms with Gasteiger partial charge in [0.05, 0.1) is 6.54 Å². The van der Waals surface area contributed by atoms with Gasteiger partial charge in [0.2, 0.25) is 15.9 Å². The maximum Gasteiger partial charge on any atom is 0.265 e. The van der Waals surface area contributed by atoms with E-state index >= 15 is 0 Å². The van der Waals surface area contributed by atoms with E-state index in [2.05, 4.69) is 5.32 Å². The summed E-state index contributed by atoms with van der Waals surface area (Å²) >= 11 is 2.76. The van der Waals surface area contributed by atoms with Gasteiger partial charge in [-0.05, 0) is 36.1 Å². The van der Waals surface area contributed by atoms with Crippen LogP contribution in [0.1, 0.15) is 22.2 Å². The number of hydrogen-bond donors (Lipinski definition) is 1. The van der Waals surface area contributed by atoms with Crippen LogP contribution in [0, 0.1) is 5.82 Å². The average Bonchev–Trinajstić information content (AvgIpc) is 3.28. The molecule has 0 saturated carbocycles. The number of amides is 2. The van der Waals surface area contributed by atoms with Crippen molar-refractivity contribution in [1.82, 2.24) is 14.5 Å². The zero-order valence-electron chi connectivity index (χ0n) is 17.0. The maximum atomic E-state index is 13.1. The molecule has 0 radical (unpaired) electrons. The SMILES string of the molecule is CCN(CC(=O)NCc1ccc(F)cc1)C(=O)c1sccc1S(=O)(=O)N1CCSCC1. The normalized spacial score (nSPS) is 14.9. The van der Waals surface area contributed by atoms with Gasteiger partial charge in [-0.3, -0.25) is 9.59 Å². The van der Waals surface area contributed by atoms with E-state index in [9.17, 15) is 22.4 Å². The van der Waals surface area contributed by atoms with Crippen molar-refractivity contribution in [1.29, 1.82) is 0 Å². The van der Waals surface area contributed by atoms with Crippen LogP contribution < -0.4 is 5.32 Å². The highest BCUT2D eigenvalue weighted by atomic mass is 32.2. The Balaban J connectivity index is 1.67. The Morgan fingerprint density at radius 1 is 1.16 bits per heavy atom. The first-order valence-electron chi connectivity index (χ1n) is 9.78. The zero-order chi connectivity index (χ0) is 22.4. The minimum atomic E-state index is -3.76. The second-order valence-corrected chi connectivity index (χ2v) is 10.9. The number of nitrogens with zero attached hydrogens (tertiary/aromatic N) is 2. The third-order valence-corrected chi connectivity index (χ3v) is 8.73. The highest BCUT2D eigenvalue weighted by Crippen LogP contribution is 2.28. The second-order valence-electron chi connectivity index (χ2n) is 6.85. The van der Waals surface area contributed by atoms with E-state index in [1.807, 2.05) is 0 Å². The molecule has 1 saturated heterocycles. The van der Waals surface area contributed by atoms with Crippen molar-refractivity contribution < 1.29 is 22.4 Å². The van der Waals surface area contributed by atoms with Gasteiger partial charge in [-0.2, -0.15) is 16.1 Å². The van der Waals surface area contributed by atoms with Gasteiger partial charge in [-0.15, -0.1) is 11.3 Å². The van der Waals surface area contributed by atoms with Crippen molar-refractivity contribution in [3.63, 3.8) is 0 Å². The van der Waals surface area contributed by atoms with Crippen LogP contribution in [0.15, 0.2) is 40.6 Å². The quantitative estimate of drug-likeness (QED) is 0.621. The lowest BCUT2D eigenvalue weighted by Crippen LogP contribution is -2.41. The van der Waals surface area contributed by atoms with Gasteiger partial charge in [0.25, 0.3) is 5.91 Å². The van der Waals surface area contributed by atoms with Crippen LogP contribution >= 0.6 is 23.1 Å². The molecule has 3 rings (SSSR count). The molecule has 0 atom stereocenters. The molecule has 2 amide bonds. The Labute approximate surface area is 189 Å². The van der Waals surface area contributed by atoms with Crippen molar-refractivity contribution in [3.05, 3.63) is 52.0 Å². The lowest BCUT2D eigenvalue weighted by atomic mass is 10.2. The van der Waals surface area contributed by atoms with Gasteiger partial charge in [0, 0.05) is 37.7 Å². The van der Waals surface area contributed by atoms with Crippen molar-refractivity contribution in [2.24, 2.45) is 0 Å². The summed E-state index contributed by atoms with van der Waals surface area (Å²) in [6.45, 7) is 2.82. The number of halogens is 1. The van der Waals surface area contributed by atoms with Crippen molar-refractivity contribution >= 4 is 44.9 Å². The van der Waals surface area contributed by atoms with Gasteiger partial charge in [0.15, 0.2) is 0 Å². The van der Waals surface area contributed by atoms with Gasteiger partial charge in [0.1, 0.15) is 15.6 Å². The second kappa shape index (κ2) is 10.6. The molecule has 1 aromatic heterocycles. The number of hydrogen-bond acceptors (Lipinski definition) is 6.